The van der Waals surface area contributed by atoms with Gasteiger partial charge in [-0.2, -0.15) is 0 Å². The number of nitrogens with one attached hydrogen (secondary N) is 1. The molecule has 0 saturated carbocycles. The van der Waals surface area contributed by atoms with E-state index in [0.29, 0.717) is 11.6 Å². The van der Waals surface area contributed by atoms with Gasteiger partial charge in [0.05, 0.1) is 30.2 Å². The second-order valence-corrected chi connectivity index (χ2v) is 5.62. The Hall–Kier alpha value is -1.68. The number of ether oxygens (including phenoxy) is 2. The fraction of sp³-hybridized carbons (Fsp3) is 0.438. The quantitative estimate of drug-likeness (QED) is 0.877. The molecule has 1 unspecified atom stereocenters. The number of fused-ring (bicyclic) bond motifs is 3. The molecule has 1 aromatic carbocycles. The Morgan fingerprint density at radius 1 is 1.48 bits per heavy atom. The van der Waals surface area contributed by atoms with Crippen molar-refractivity contribution in [2.75, 3.05) is 13.7 Å². The maximum Gasteiger partial charge on any atom is 0.313 e. The number of carbonyl (C=O) groups is 1. The largest absolute Gasteiger partial charge is 0.496 e. The lowest BCUT2D eigenvalue weighted by Crippen LogP contribution is -2.20. The highest BCUT2D eigenvalue weighted by molar-refractivity contribution is 6.35. The van der Waals surface area contributed by atoms with E-state index in [0.717, 1.165) is 47.2 Å². The number of benzene rings is 1. The lowest BCUT2D eigenvalue weighted by molar-refractivity contribution is -0.145. The predicted octanol–water partition coefficient (Wildman–Crippen LogP) is 3.81. The maximum absolute atomic E-state index is 12.3. The lowest BCUT2D eigenvalue weighted by atomic mass is 9.85. The first-order valence-electron chi connectivity index (χ1n) is 7.21. The van der Waals surface area contributed by atoms with Gasteiger partial charge in [0.25, 0.3) is 0 Å². The van der Waals surface area contributed by atoms with Crippen molar-refractivity contribution in [1.82, 2.24) is 4.98 Å². The van der Waals surface area contributed by atoms with Crippen molar-refractivity contribution in [2.24, 2.45) is 0 Å². The summed E-state index contributed by atoms with van der Waals surface area (Å²) in [4.78, 5) is 15.6. The second kappa shape index (κ2) is 5.60. The fourth-order valence-corrected chi connectivity index (χ4v) is 3.38. The molecule has 3 rings (SSSR count). The molecule has 1 N–H and O–H groups in total. The Labute approximate surface area is 128 Å². The molecule has 0 bridgehead atoms. The number of aromatic nitrogens is 1. The van der Waals surface area contributed by atoms with Gasteiger partial charge in [0, 0.05) is 11.1 Å². The molecule has 0 spiro atoms. The zero-order chi connectivity index (χ0) is 15.0. The predicted molar refractivity (Wildman–Crippen MR) is 82.2 cm³/mol. The fourth-order valence-electron chi connectivity index (χ4n) is 3.17. The van der Waals surface area contributed by atoms with Crippen LogP contribution in [0, 0.1) is 0 Å². The van der Waals surface area contributed by atoms with Crippen LogP contribution in [0.2, 0.25) is 5.02 Å². The Morgan fingerprint density at radius 3 is 3.00 bits per heavy atom. The first kappa shape index (κ1) is 14.3. The average Bonchev–Trinajstić information content (AvgIpc) is 2.88. The maximum atomic E-state index is 12.3. The third-order valence-electron chi connectivity index (χ3n) is 4.05. The third kappa shape index (κ3) is 2.27. The first-order valence-corrected chi connectivity index (χ1v) is 7.58. The zero-order valence-corrected chi connectivity index (χ0v) is 12.9. The van der Waals surface area contributed by atoms with E-state index >= 15 is 0 Å². The van der Waals surface area contributed by atoms with Crippen LogP contribution in [0.15, 0.2) is 12.1 Å². The van der Waals surface area contributed by atoms with Gasteiger partial charge in [-0.25, -0.2) is 0 Å². The van der Waals surface area contributed by atoms with Crippen LogP contribution in [0.5, 0.6) is 5.75 Å². The molecule has 1 aromatic heterocycles. The molecule has 2 aromatic rings. The highest BCUT2D eigenvalue weighted by Gasteiger charge is 2.32. The summed E-state index contributed by atoms with van der Waals surface area (Å²) >= 11 is 6.29. The van der Waals surface area contributed by atoms with Crippen LogP contribution >= 0.6 is 11.6 Å². The van der Waals surface area contributed by atoms with E-state index in [1.807, 2.05) is 19.1 Å². The van der Waals surface area contributed by atoms with Gasteiger partial charge in [-0.3, -0.25) is 4.79 Å². The van der Waals surface area contributed by atoms with Gasteiger partial charge in [-0.15, -0.1) is 0 Å². The van der Waals surface area contributed by atoms with Gasteiger partial charge < -0.3 is 14.5 Å². The number of esters is 1. The standard InChI is InChI=1S/C16H18ClNO3/c1-3-21-16(19)9-5-4-6-11-13(9)14-12(20-2)8-7-10(17)15(14)18-11/h7-9,18H,3-6H2,1-2H3. The summed E-state index contributed by atoms with van der Waals surface area (Å²) in [7, 11) is 1.63. The number of methoxy groups -OCH3 is 1. The van der Waals surface area contributed by atoms with Crippen LogP contribution in [0.4, 0.5) is 0 Å². The van der Waals surface area contributed by atoms with E-state index in [-0.39, 0.29) is 11.9 Å². The summed E-state index contributed by atoms with van der Waals surface area (Å²) in [5.41, 5.74) is 2.91. The summed E-state index contributed by atoms with van der Waals surface area (Å²) in [6.45, 7) is 2.22. The van der Waals surface area contributed by atoms with E-state index in [2.05, 4.69) is 4.98 Å². The first-order chi connectivity index (χ1) is 10.2. The molecule has 21 heavy (non-hydrogen) atoms. The minimum absolute atomic E-state index is 0.165. The van der Waals surface area contributed by atoms with Crippen LogP contribution in [-0.2, 0) is 16.0 Å². The van der Waals surface area contributed by atoms with Crippen molar-refractivity contribution in [2.45, 2.75) is 32.1 Å². The highest BCUT2D eigenvalue weighted by Crippen LogP contribution is 2.43. The van der Waals surface area contributed by atoms with Crippen molar-refractivity contribution in [3.05, 3.63) is 28.4 Å². The molecule has 4 nitrogen and oxygen atoms in total. The molecule has 0 fully saturated rings. The Balaban J connectivity index is 2.23. The zero-order valence-electron chi connectivity index (χ0n) is 12.2. The van der Waals surface area contributed by atoms with Crippen LogP contribution < -0.4 is 4.74 Å². The lowest BCUT2D eigenvalue weighted by Gasteiger charge is -2.21. The second-order valence-electron chi connectivity index (χ2n) is 5.21. The number of hydrogen-bond acceptors (Lipinski definition) is 3. The van der Waals surface area contributed by atoms with E-state index < -0.39 is 0 Å². The van der Waals surface area contributed by atoms with Gasteiger partial charge in [0.2, 0.25) is 0 Å². The van der Waals surface area contributed by atoms with Crippen molar-refractivity contribution >= 4 is 28.5 Å². The Kier molecular flexibility index (Phi) is 3.81. The minimum Gasteiger partial charge on any atom is -0.496 e. The van der Waals surface area contributed by atoms with E-state index in [1.54, 1.807) is 7.11 Å². The van der Waals surface area contributed by atoms with Crippen molar-refractivity contribution in [1.29, 1.82) is 0 Å². The highest BCUT2D eigenvalue weighted by atomic mass is 35.5. The number of aromatic amines is 1. The van der Waals surface area contributed by atoms with E-state index in [4.69, 9.17) is 21.1 Å². The monoisotopic (exact) mass is 307 g/mol. The van der Waals surface area contributed by atoms with Gasteiger partial charge in [0.1, 0.15) is 5.75 Å². The third-order valence-corrected chi connectivity index (χ3v) is 4.36. The molecule has 1 heterocycles. The molecule has 5 heteroatoms. The topological polar surface area (TPSA) is 51.3 Å². The molecule has 112 valence electrons. The van der Waals surface area contributed by atoms with Gasteiger partial charge in [0.15, 0.2) is 0 Å². The van der Waals surface area contributed by atoms with E-state index in [1.165, 1.54) is 0 Å². The van der Waals surface area contributed by atoms with Crippen molar-refractivity contribution in [3.8, 4) is 5.75 Å². The summed E-state index contributed by atoms with van der Waals surface area (Å²) in [6, 6.07) is 3.65. The van der Waals surface area contributed by atoms with E-state index in [9.17, 15) is 4.79 Å². The Bertz CT molecular complexity index is 692. The Morgan fingerprint density at radius 2 is 2.29 bits per heavy atom. The summed E-state index contributed by atoms with van der Waals surface area (Å²) in [5.74, 6) is 0.333. The van der Waals surface area contributed by atoms with Crippen LogP contribution in [0.3, 0.4) is 0 Å². The van der Waals surface area contributed by atoms with Crippen molar-refractivity contribution in [3.63, 3.8) is 0 Å². The molecule has 0 amide bonds. The van der Waals surface area contributed by atoms with Gasteiger partial charge >= 0.3 is 5.97 Å². The number of aryl methyl sites for hydroxylation is 1. The van der Waals surface area contributed by atoms with Crippen molar-refractivity contribution < 1.29 is 14.3 Å². The number of halogens is 1. The number of carbonyl (C=O) groups excluding carboxylic acids is 1. The molecule has 0 saturated heterocycles. The average molecular weight is 308 g/mol. The molecular weight excluding hydrogens is 290 g/mol. The number of H-pyrrole nitrogens is 1. The van der Waals surface area contributed by atoms with Gasteiger partial charge in [-0.05, 0) is 43.9 Å². The molecule has 1 aliphatic carbocycles. The summed E-state index contributed by atoms with van der Waals surface area (Å²) in [5, 5.41) is 1.56. The molecule has 0 aliphatic heterocycles. The smallest absolute Gasteiger partial charge is 0.313 e. The van der Waals surface area contributed by atoms with Crippen LogP contribution in [0.1, 0.15) is 36.9 Å². The van der Waals surface area contributed by atoms with Crippen LogP contribution in [-0.4, -0.2) is 24.7 Å². The van der Waals surface area contributed by atoms with Gasteiger partial charge in [-0.1, -0.05) is 11.6 Å². The molecule has 1 aliphatic rings. The minimum atomic E-state index is -0.241. The number of rotatable bonds is 3. The van der Waals surface area contributed by atoms with Crippen LogP contribution in [0.25, 0.3) is 10.9 Å². The SMILES string of the molecule is CCOC(=O)C1CCCc2[nH]c3c(Cl)ccc(OC)c3c21. The number of hydrogen-bond donors (Lipinski definition) is 1. The normalized spacial score (nSPS) is 17.6. The molecular formula is C16H18ClNO3. The summed E-state index contributed by atoms with van der Waals surface area (Å²) in [6.07, 6.45) is 2.68. The summed E-state index contributed by atoms with van der Waals surface area (Å²) < 4.78 is 10.7. The molecule has 1 atom stereocenters. The molecule has 0 radical (unpaired) electrons.